The molecule has 70 valence electrons. The highest BCUT2D eigenvalue weighted by Gasteiger charge is 1.98. The largest absolute Gasteiger partial charge is 0.386 e. The van der Waals surface area contributed by atoms with Gasteiger partial charge in [-0.15, -0.1) is 11.6 Å². The van der Waals surface area contributed by atoms with Gasteiger partial charge in [0, 0.05) is 0 Å². The van der Waals surface area contributed by atoms with E-state index < -0.39 is 0 Å². The highest BCUT2D eigenvalue weighted by atomic mass is 35.5. The molecule has 0 fully saturated rings. The number of amidine groups is 1. The quantitative estimate of drug-likeness (QED) is 0.444. The molecule has 0 radical (unpaired) electrons. The maximum atomic E-state index is 12.7. The van der Waals surface area contributed by atoms with Crippen LogP contribution in [0, 0.1) is 12.7 Å². The molecule has 1 aromatic carbocycles. The average molecular weight is 201 g/mol. The Hall–Kier alpha value is -1.09. The van der Waals surface area contributed by atoms with Gasteiger partial charge in [-0.25, -0.2) is 9.38 Å². The van der Waals surface area contributed by atoms with Crippen LogP contribution in [0.25, 0.3) is 0 Å². The van der Waals surface area contributed by atoms with Crippen molar-refractivity contribution in [3.05, 3.63) is 29.6 Å². The van der Waals surface area contributed by atoms with Crippen LogP contribution in [0.3, 0.4) is 0 Å². The third-order valence-electron chi connectivity index (χ3n) is 1.56. The number of hydrogen-bond donors (Lipinski definition) is 1. The van der Waals surface area contributed by atoms with E-state index in [1.54, 1.807) is 13.0 Å². The van der Waals surface area contributed by atoms with Crippen LogP contribution in [0.15, 0.2) is 23.2 Å². The van der Waals surface area contributed by atoms with Crippen LogP contribution in [-0.2, 0) is 0 Å². The lowest BCUT2D eigenvalue weighted by Gasteiger charge is -2.00. The maximum absolute atomic E-state index is 12.7. The summed E-state index contributed by atoms with van der Waals surface area (Å²) in [7, 11) is 0. The first-order valence-electron chi connectivity index (χ1n) is 3.78. The normalized spacial score (nSPS) is 11.8. The third kappa shape index (κ3) is 2.70. The average Bonchev–Trinajstić information content (AvgIpc) is 2.09. The van der Waals surface area contributed by atoms with Gasteiger partial charge in [-0.05, 0) is 30.7 Å². The standard InChI is InChI=1S/C9H10ClFN2/c1-6-4-7(11)2-3-8(6)13-9(12)5-10/h2-4H,5H2,1H3,(H2,12,13). The zero-order chi connectivity index (χ0) is 9.84. The van der Waals surface area contributed by atoms with Crippen molar-refractivity contribution in [3.63, 3.8) is 0 Å². The summed E-state index contributed by atoms with van der Waals surface area (Å²) in [4.78, 5) is 4.01. The van der Waals surface area contributed by atoms with Crippen molar-refractivity contribution in [2.24, 2.45) is 10.7 Å². The zero-order valence-electron chi connectivity index (χ0n) is 7.22. The second-order valence-corrected chi connectivity index (χ2v) is 2.93. The van der Waals surface area contributed by atoms with Crippen LogP contribution >= 0.6 is 11.6 Å². The van der Waals surface area contributed by atoms with E-state index in [2.05, 4.69) is 4.99 Å². The predicted octanol–water partition coefficient (Wildman–Crippen LogP) is 2.36. The number of benzene rings is 1. The van der Waals surface area contributed by atoms with Crippen LogP contribution in [0.2, 0.25) is 0 Å². The van der Waals surface area contributed by atoms with Crippen LogP contribution in [0.1, 0.15) is 5.56 Å². The molecule has 0 aliphatic heterocycles. The highest BCUT2D eigenvalue weighted by molar-refractivity contribution is 6.28. The molecule has 2 nitrogen and oxygen atoms in total. The minimum Gasteiger partial charge on any atom is -0.386 e. The van der Waals surface area contributed by atoms with Gasteiger partial charge >= 0.3 is 0 Å². The summed E-state index contributed by atoms with van der Waals surface area (Å²) in [5, 5.41) is 0. The Morgan fingerprint density at radius 1 is 1.62 bits per heavy atom. The van der Waals surface area contributed by atoms with Gasteiger partial charge in [-0.1, -0.05) is 0 Å². The molecule has 0 unspecified atom stereocenters. The van der Waals surface area contributed by atoms with Crippen molar-refractivity contribution in [2.75, 3.05) is 5.88 Å². The SMILES string of the molecule is Cc1cc(F)ccc1N=C(N)CCl. The summed E-state index contributed by atoms with van der Waals surface area (Å²) in [6.45, 7) is 1.77. The topological polar surface area (TPSA) is 38.4 Å². The van der Waals surface area contributed by atoms with Gasteiger partial charge in [0.1, 0.15) is 11.7 Å². The van der Waals surface area contributed by atoms with E-state index in [1.165, 1.54) is 12.1 Å². The molecule has 0 saturated carbocycles. The Kier molecular flexibility index (Phi) is 3.25. The summed E-state index contributed by atoms with van der Waals surface area (Å²) in [6.07, 6.45) is 0. The summed E-state index contributed by atoms with van der Waals surface area (Å²) >= 11 is 5.46. The Morgan fingerprint density at radius 3 is 2.85 bits per heavy atom. The highest BCUT2D eigenvalue weighted by Crippen LogP contribution is 2.18. The summed E-state index contributed by atoms with van der Waals surface area (Å²) in [5.41, 5.74) is 6.83. The maximum Gasteiger partial charge on any atom is 0.123 e. The molecule has 0 bridgehead atoms. The van der Waals surface area contributed by atoms with E-state index >= 15 is 0 Å². The second kappa shape index (κ2) is 4.23. The van der Waals surface area contributed by atoms with Crippen LogP contribution in [0.5, 0.6) is 0 Å². The number of aryl methyl sites for hydroxylation is 1. The van der Waals surface area contributed by atoms with Gasteiger partial charge in [-0.3, -0.25) is 0 Å². The van der Waals surface area contributed by atoms with Gasteiger partial charge in [0.15, 0.2) is 0 Å². The van der Waals surface area contributed by atoms with E-state index in [0.717, 1.165) is 5.56 Å². The lowest BCUT2D eigenvalue weighted by atomic mass is 10.2. The fourth-order valence-electron chi connectivity index (χ4n) is 0.929. The van der Waals surface area contributed by atoms with Gasteiger partial charge in [0.2, 0.25) is 0 Å². The Labute approximate surface area is 81.2 Å². The van der Waals surface area contributed by atoms with Crippen molar-refractivity contribution >= 4 is 23.1 Å². The summed E-state index contributed by atoms with van der Waals surface area (Å²) in [5.74, 6) is 0.230. The molecule has 4 heteroatoms. The van der Waals surface area contributed by atoms with Gasteiger partial charge < -0.3 is 5.73 Å². The lowest BCUT2D eigenvalue weighted by Crippen LogP contribution is -2.12. The Bertz CT molecular complexity index is 336. The first-order valence-corrected chi connectivity index (χ1v) is 4.32. The monoisotopic (exact) mass is 200 g/mol. The van der Waals surface area contributed by atoms with Crippen molar-refractivity contribution in [1.29, 1.82) is 0 Å². The molecule has 0 atom stereocenters. The van der Waals surface area contributed by atoms with E-state index in [0.29, 0.717) is 11.5 Å². The lowest BCUT2D eigenvalue weighted by molar-refractivity contribution is 0.627. The predicted molar refractivity (Wildman–Crippen MR) is 53.1 cm³/mol. The molecule has 0 heterocycles. The molecule has 2 N–H and O–H groups in total. The fraction of sp³-hybridized carbons (Fsp3) is 0.222. The molecule has 0 aliphatic rings. The number of alkyl halides is 1. The van der Waals surface area contributed by atoms with E-state index in [9.17, 15) is 4.39 Å². The molecule has 1 rings (SSSR count). The number of nitrogens with two attached hydrogens (primary N) is 1. The molecule has 1 aromatic rings. The van der Waals surface area contributed by atoms with Gasteiger partial charge in [-0.2, -0.15) is 0 Å². The number of hydrogen-bond acceptors (Lipinski definition) is 1. The van der Waals surface area contributed by atoms with E-state index in [4.69, 9.17) is 17.3 Å². The Morgan fingerprint density at radius 2 is 2.31 bits per heavy atom. The number of nitrogens with zero attached hydrogens (tertiary/aromatic N) is 1. The summed E-state index contributed by atoms with van der Waals surface area (Å²) < 4.78 is 12.7. The number of aliphatic imine (C=N–C) groups is 1. The van der Waals surface area contributed by atoms with Crippen LogP contribution in [0.4, 0.5) is 10.1 Å². The number of rotatable bonds is 2. The molecular formula is C9H10ClFN2. The van der Waals surface area contributed by atoms with Crippen molar-refractivity contribution in [1.82, 2.24) is 0 Å². The van der Waals surface area contributed by atoms with E-state index in [-0.39, 0.29) is 11.7 Å². The second-order valence-electron chi connectivity index (χ2n) is 2.67. The molecule has 0 aromatic heterocycles. The Balaban J connectivity index is 3.03. The fourth-order valence-corrected chi connectivity index (χ4v) is 0.989. The molecule has 0 spiro atoms. The molecule has 13 heavy (non-hydrogen) atoms. The minimum absolute atomic E-state index is 0.177. The zero-order valence-corrected chi connectivity index (χ0v) is 7.98. The van der Waals surface area contributed by atoms with Gasteiger partial charge in [0.25, 0.3) is 0 Å². The van der Waals surface area contributed by atoms with Gasteiger partial charge in [0.05, 0.1) is 11.6 Å². The van der Waals surface area contributed by atoms with Crippen molar-refractivity contribution < 1.29 is 4.39 Å². The molecule has 0 aliphatic carbocycles. The van der Waals surface area contributed by atoms with Crippen molar-refractivity contribution in [3.8, 4) is 0 Å². The smallest absolute Gasteiger partial charge is 0.123 e. The molecule has 0 amide bonds. The third-order valence-corrected chi connectivity index (χ3v) is 1.83. The van der Waals surface area contributed by atoms with Crippen LogP contribution in [-0.4, -0.2) is 11.7 Å². The van der Waals surface area contributed by atoms with Crippen LogP contribution < -0.4 is 5.73 Å². The van der Waals surface area contributed by atoms with E-state index in [1.807, 2.05) is 0 Å². The first kappa shape index (κ1) is 9.99. The number of halogens is 2. The minimum atomic E-state index is -0.277. The first-order chi connectivity index (χ1) is 6.13. The molecular weight excluding hydrogens is 191 g/mol. The van der Waals surface area contributed by atoms with Crippen molar-refractivity contribution in [2.45, 2.75) is 6.92 Å². The molecule has 0 saturated heterocycles. The summed E-state index contributed by atoms with van der Waals surface area (Å²) in [6, 6.07) is 4.32.